The lowest BCUT2D eigenvalue weighted by molar-refractivity contribution is 0.515. The van der Waals surface area contributed by atoms with Crippen LogP contribution in [0.3, 0.4) is 0 Å². The topological polar surface area (TPSA) is 54.5 Å². The second-order valence-corrected chi connectivity index (χ2v) is 6.97. The molecule has 0 amide bonds. The highest BCUT2D eigenvalue weighted by atomic mass is 35.5. The van der Waals surface area contributed by atoms with Gasteiger partial charge in [-0.25, -0.2) is 9.97 Å². The molecular weight excluding hydrogens is 308 g/mol. The zero-order valence-corrected chi connectivity index (χ0v) is 14.1. The number of rotatable bonds is 2. The van der Waals surface area contributed by atoms with E-state index < -0.39 is 0 Å². The van der Waals surface area contributed by atoms with Crippen molar-refractivity contribution in [3.63, 3.8) is 0 Å². The van der Waals surface area contributed by atoms with Crippen molar-refractivity contribution in [3.8, 4) is 6.07 Å². The van der Waals surface area contributed by atoms with Gasteiger partial charge in [0.1, 0.15) is 11.3 Å². The Kier molecular flexibility index (Phi) is 3.83. The number of imidazole rings is 1. The molecular formula is C18H17ClN4. The first-order valence-electron chi connectivity index (χ1n) is 7.40. The van der Waals surface area contributed by atoms with Crippen LogP contribution in [0.15, 0.2) is 36.5 Å². The van der Waals surface area contributed by atoms with Crippen molar-refractivity contribution in [2.45, 2.75) is 32.7 Å². The lowest BCUT2D eigenvalue weighted by atomic mass is 9.95. The average molecular weight is 325 g/mol. The van der Waals surface area contributed by atoms with Crippen LogP contribution in [0, 0.1) is 11.3 Å². The Hall–Kier alpha value is -2.38. The van der Waals surface area contributed by atoms with E-state index in [2.05, 4.69) is 36.4 Å². The first kappa shape index (κ1) is 15.5. The molecule has 116 valence electrons. The number of hydrogen-bond acceptors (Lipinski definition) is 3. The van der Waals surface area contributed by atoms with E-state index in [1.54, 1.807) is 6.20 Å². The average Bonchev–Trinajstić information content (AvgIpc) is 2.86. The molecule has 3 aromatic rings. The van der Waals surface area contributed by atoms with E-state index in [1.165, 1.54) is 0 Å². The molecule has 0 bridgehead atoms. The van der Waals surface area contributed by atoms with Gasteiger partial charge in [0.15, 0.2) is 5.65 Å². The molecule has 1 aromatic carbocycles. The van der Waals surface area contributed by atoms with Crippen LogP contribution in [-0.4, -0.2) is 14.5 Å². The van der Waals surface area contributed by atoms with Crippen molar-refractivity contribution in [2.75, 3.05) is 0 Å². The van der Waals surface area contributed by atoms with Crippen molar-refractivity contribution in [3.05, 3.63) is 58.5 Å². The van der Waals surface area contributed by atoms with E-state index in [0.29, 0.717) is 17.1 Å². The summed E-state index contributed by atoms with van der Waals surface area (Å²) < 4.78 is 2.07. The Morgan fingerprint density at radius 1 is 1.26 bits per heavy atom. The molecule has 0 radical (unpaired) electrons. The van der Waals surface area contributed by atoms with Crippen LogP contribution >= 0.6 is 11.6 Å². The molecule has 0 unspecified atom stereocenters. The Balaban J connectivity index is 2.21. The van der Waals surface area contributed by atoms with Gasteiger partial charge in [0.2, 0.25) is 0 Å². The van der Waals surface area contributed by atoms with Crippen LogP contribution in [0.1, 0.15) is 37.7 Å². The molecule has 23 heavy (non-hydrogen) atoms. The van der Waals surface area contributed by atoms with Gasteiger partial charge in [-0.15, -0.1) is 0 Å². The highest BCUT2D eigenvalue weighted by molar-refractivity contribution is 6.31. The van der Waals surface area contributed by atoms with Gasteiger partial charge in [-0.3, -0.25) is 0 Å². The maximum Gasteiger partial charge on any atom is 0.160 e. The van der Waals surface area contributed by atoms with Crippen LogP contribution in [0.2, 0.25) is 5.02 Å². The molecule has 0 saturated heterocycles. The van der Waals surface area contributed by atoms with Gasteiger partial charge in [0, 0.05) is 11.6 Å². The highest BCUT2D eigenvalue weighted by Gasteiger charge is 2.24. The summed E-state index contributed by atoms with van der Waals surface area (Å²) in [5, 5.41) is 9.89. The molecule has 0 atom stereocenters. The zero-order chi connectivity index (χ0) is 16.6. The number of hydrogen-bond donors (Lipinski definition) is 0. The third-order valence-corrected chi connectivity index (χ3v) is 3.90. The third-order valence-electron chi connectivity index (χ3n) is 3.69. The van der Waals surface area contributed by atoms with Gasteiger partial charge < -0.3 is 4.57 Å². The monoisotopic (exact) mass is 324 g/mol. The minimum Gasteiger partial charge on any atom is -0.308 e. The molecule has 5 heteroatoms. The molecule has 2 heterocycles. The standard InChI is InChI=1S/C18H17ClN4/c1-18(2,3)17-22-15-8-14(19)10-21-16(15)23(17)11-13-7-5-4-6-12(13)9-20/h4-8,10H,11H2,1-3H3. The molecule has 4 nitrogen and oxygen atoms in total. The Morgan fingerprint density at radius 2 is 2.00 bits per heavy atom. The van der Waals surface area contributed by atoms with Crippen molar-refractivity contribution < 1.29 is 0 Å². The maximum absolute atomic E-state index is 9.32. The Morgan fingerprint density at radius 3 is 2.70 bits per heavy atom. The van der Waals surface area contributed by atoms with Crippen LogP contribution in [0.25, 0.3) is 11.2 Å². The minimum absolute atomic E-state index is 0.144. The normalized spacial score (nSPS) is 11.6. The van der Waals surface area contributed by atoms with Crippen LogP contribution < -0.4 is 0 Å². The molecule has 0 fully saturated rings. The summed E-state index contributed by atoms with van der Waals surface area (Å²) in [6, 6.07) is 11.7. The lowest BCUT2D eigenvalue weighted by Crippen LogP contribution is -2.20. The quantitative estimate of drug-likeness (QED) is 0.706. The summed E-state index contributed by atoms with van der Waals surface area (Å²) in [5.74, 6) is 0.926. The summed E-state index contributed by atoms with van der Waals surface area (Å²) in [6.07, 6.45) is 1.63. The fourth-order valence-electron chi connectivity index (χ4n) is 2.65. The Labute approximate surface area is 140 Å². The second kappa shape index (κ2) is 5.68. The maximum atomic E-state index is 9.32. The van der Waals surface area contributed by atoms with Crippen molar-refractivity contribution in [1.29, 1.82) is 5.26 Å². The van der Waals surface area contributed by atoms with Gasteiger partial charge in [-0.05, 0) is 17.7 Å². The van der Waals surface area contributed by atoms with E-state index in [-0.39, 0.29) is 5.41 Å². The number of halogens is 1. The van der Waals surface area contributed by atoms with Crippen LogP contribution in [0.5, 0.6) is 0 Å². The summed E-state index contributed by atoms with van der Waals surface area (Å²) in [7, 11) is 0. The van der Waals surface area contributed by atoms with Crippen molar-refractivity contribution in [2.24, 2.45) is 0 Å². The molecule has 2 aromatic heterocycles. The van der Waals surface area contributed by atoms with E-state index in [0.717, 1.165) is 22.6 Å². The summed E-state index contributed by atoms with van der Waals surface area (Å²) >= 11 is 6.05. The molecule has 0 aliphatic rings. The molecule has 0 aliphatic carbocycles. The van der Waals surface area contributed by atoms with Crippen LogP contribution in [-0.2, 0) is 12.0 Å². The first-order valence-corrected chi connectivity index (χ1v) is 7.78. The highest BCUT2D eigenvalue weighted by Crippen LogP contribution is 2.28. The van der Waals surface area contributed by atoms with Gasteiger partial charge in [0.25, 0.3) is 0 Å². The second-order valence-electron chi connectivity index (χ2n) is 6.54. The van der Waals surface area contributed by atoms with E-state index in [4.69, 9.17) is 16.6 Å². The summed E-state index contributed by atoms with van der Waals surface area (Å²) in [6.45, 7) is 6.90. The number of benzene rings is 1. The Bertz CT molecular complexity index is 913. The number of nitrogens with zero attached hydrogens (tertiary/aromatic N) is 4. The van der Waals surface area contributed by atoms with Gasteiger partial charge in [-0.1, -0.05) is 50.6 Å². The number of fused-ring (bicyclic) bond motifs is 1. The first-order chi connectivity index (χ1) is 10.9. The smallest absolute Gasteiger partial charge is 0.160 e. The van der Waals surface area contributed by atoms with Crippen molar-refractivity contribution >= 4 is 22.8 Å². The predicted molar refractivity (Wildman–Crippen MR) is 91.5 cm³/mol. The summed E-state index contributed by atoms with van der Waals surface area (Å²) in [4.78, 5) is 9.18. The largest absolute Gasteiger partial charge is 0.308 e. The van der Waals surface area contributed by atoms with Gasteiger partial charge in [0.05, 0.1) is 23.2 Å². The van der Waals surface area contributed by atoms with Crippen molar-refractivity contribution in [1.82, 2.24) is 14.5 Å². The molecule has 3 rings (SSSR count). The molecule has 0 spiro atoms. The zero-order valence-electron chi connectivity index (χ0n) is 13.3. The fraction of sp³-hybridized carbons (Fsp3) is 0.278. The number of nitriles is 1. The third kappa shape index (κ3) is 2.93. The minimum atomic E-state index is -0.144. The van der Waals surface area contributed by atoms with E-state index in [1.807, 2.05) is 30.3 Å². The summed E-state index contributed by atoms with van der Waals surface area (Å²) in [5.41, 5.74) is 3.04. The fourth-order valence-corrected chi connectivity index (χ4v) is 2.80. The van der Waals surface area contributed by atoms with E-state index >= 15 is 0 Å². The van der Waals surface area contributed by atoms with E-state index in [9.17, 15) is 5.26 Å². The lowest BCUT2D eigenvalue weighted by Gasteiger charge is -2.20. The SMILES string of the molecule is CC(C)(C)c1nc2cc(Cl)cnc2n1Cc1ccccc1C#N. The van der Waals surface area contributed by atoms with Crippen LogP contribution in [0.4, 0.5) is 0 Å². The van der Waals surface area contributed by atoms with Gasteiger partial charge >= 0.3 is 0 Å². The van der Waals surface area contributed by atoms with Gasteiger partial charge in [-0.2, -0.15) is 5.26 Å². The number of pyridine rings is 1. The molecule has 0 N–H and O–H groups in total. The predicted octanol–water partition coefficient (Wildman–Crippen LogP) is 4.30. The molecule has 0 aliphatic heterocycles. The molecule has 0 saturated carbocycles. The number of aromatic nitrogens is 3.